The fourth-order valence-corrected chi connectivity index (χ4v) is 8.37. The minimum Gasteiger partial charge on any atom is -0.456 e. The summed E-state index contributed by atoms with van der Waals surface area (Å²) in [5.41, 5.74) is 8.44. The first-order chi connectivity index (χ1) is 24.8. The maximum atomic E-state index is 6.36. The van der Waals surface area contributed by atoms with Crippen molar-refractivity contribution in [2.45, 2.75) is 0 Å². The Morgan fingerprint density at radius 2 is 0.880 bits per heavy atom. The van der Waals surface area contributed by atoms with E-state index in [2.05, 4.69) is 180 Å². The molecule has 0 N–H and O–H groups in total. The summed E-state index contributed by atoms with van der Waals surface area (Å²) in [5.74, 6) is 0. The Bertz CT molecular complexity index is 2800. The van der Waals surface area contributed by atoms with Crippen LogP contribution in [-0.2, 0) is 0 Å². The zero-order valence-electron chi connectivity index (χ0n) is 27.0. The van der Waals surface area contributed by atoms with E-state index in [1.54, 1.807) is 0 Å². The molecule has 0 spiro atoms. The molecule has 2 heterocycles. The second-order valence-corrected chi connectivity index (χ2v) is 13.7. The van der Waals surface area contributed by atoms with Crippen LogP contribution in [0.15, 0.2) is 186 Å². The second-order valence-electron chi connectivity index (χ2n) is 12.6. The molecule has 2 aromatic heterocycles. The molecule has 0 unspecified atom stereocenters. The van der Waals surface area contributed by atoms with Crippen LogP contribution >= 0.6 is 11.3 Å². The first kappa shape index (κ1) is 28.6. The number of benzene rings is 8. The minimum atomic E-state index is 0.881. The Kier molecular flexibility index (Phi) is 6.68. The predicted octanol–water partition coefficient (Wildman–Crippen LogP) is 14.0. The van der Waals surface area contributed by atoms with Crippen molar-refractivity contribution in [3.63, 3.8) is 0 Å². The Morgan fingerprint density at radius 3 is 1.68 bits per heavy atom. The van der Waals surface area contributed by atoms with Crippen molar-refractivity contribution < 1.29 is 4.42 Å². The number of hydrogen-bond donors (Lipinski definition) is 0. The normalized spacial score (nSPS) is 11.6. The monoisotopic (exact) mass is 658 g/mol. The molecule has 10 aromatic rings. The van der Waals surface area contributed by atoms with Crippen molar-refractivity contribution in [3.8, 4) is 0 Å². The summed E-state index contributed by atoms with van der Waals surface area (Å²) in [6.07, 6.45) is 0. The number of thiophene rings is 1. The summed E-state index contributed by atoms with van der Waals surface area (Å²) in [5, 5.41) is 7.19. The van der Waals surface area contributed by atoms with Crippen molar-refractivity contribution in [2.75, 3.05) is 9.80 Å². The van der Waals surface area contributed by atoms with Gasteiger partial charge in [-0.3, -0.25) is 0 Å². The lowest BCUT2D eigenvalue weighted by molar-refractivity contribution is 0.669. The van der Waals surface area contributed by atoms with Crippen molar-refractivity contribution in [1.82, 2.24) is 0 Å². The molecule has 0 aliphatic heterocycles. The molecular formula is C46H30N2OS. The van der Waals surface area contributed by atoms with Gasteiger partial charge in [0.05, 0.1) is 0 Å². The molecule has 0 saturated carbocycles. The fourth-order valence-electron chi connectivity index (χ4n) is 7.25. The van der Waals surface area contributed by atoms with Gasteiger partial charge in [-0.1, -0.05) is 91.0 Å². The first-order valence-electron chi connectivity index (χ1n) is 16.8. The molecule has 0 atom stereocenters. The Hall–Kier alpha value is -6.36. The lowest BCUT2D eigenvalue weighted by Crippen LogP contribution is -2.09. The minimum absolute atomic E-state index is 0.881. The van der Waals surface area contributed by atoms with E-state index in [0.717, 1.165) is 56.1 Å². The van der Waals surface area contributed by atoms with E-state index in [1.807, 2.05) is 23.5 Å². The van der Waals surface area contributed by atoms with Gasteiger partial charge in [0.25, 0.3) is 0 Å². The summed E-state index contributed by atoms with van der Waals surface area (Å²) < 4.78 is 8.87. The van der Waals surface area contributed by atoms with Gasteiger partial charge in [0.1, 0.15) is 11.2 Å². The van der Waals surface area contributed by atoms with Crippen LogP contribution in [-0.4, -0.2) is 0 Å². The van der Waals surface area contributed by atoms with E-state index in [4.69, 9.17) is 4.42 Å². The van der Waals surface area contributed by atoms with E-state index in [-0.39, 0.29) is 0 Å². The quantitative estimate of drug-likeness (QED) is 0.177. The molecule has 8 aromatic carbocycles. The van der Waals surface area contributed by atoms with Gasteiger partial charge >= 0.3 is 0 Å². The van der Waals surface area contributed by atoms with E-state index in [0.29, 0.717) is 0 Å². The van der Waals surface area contributed by atoms with Gasteiger partial charge in [0.15, 0.2) is 0 Å². The molecule has 0 radical (unpaired) electrons. The summed E-state index contributed by atoms with van der Waals surface area (Å²) in [6, 6.07) is 65.0. The van der Waals surface area contributed by atoms with Gasteiger partial charge < -0.3 is 14.2 Å². The van der Waals surface area contributed by atoms with Gasteiger partial charge in [-0.05, 0) is 95.7 Å². The third kappa shape index (κ3) is 4.80. The molecule has 3 nitrogen and oxygen atoms in total. The van der Waals surface area contributed by atoms with Crippen LogP contribution in [0.3, 0.4) is 0 Å². The van der Waals surface area contributed by atoms with Gasteiger partial charge in [0.2, 0.25) is 0 Å². The molecule has 50 heavy (non-hydrogen) atoms. The predicted molar refractivity (Wildman–Crippen MR) is 213 cm³/mol. The van der Waals surface area contributed by atoms with Crippen LogP contribution < -0.4 is 9.80 Å². The summed E-state index contributed by atoms with van der Waals surface area (Å²) in [6.45, 7) is 0. The number of hydrogen-bond acceptors (Lipinski definition) is 4. The van der Waals surface area contributed by atoms with E-state index < -0.39 is 0 Å². The van der Waals surface area contributed by atoms with Gasteiger partial charge in [-0.2, -0.15) is 0 Å². The number of nitrogens with zero attached hydrogens (tertiary/aromatic N) is 2. The molecule has 236 valence electrons. The maximum Gasteiger partial charge on any atom is 0.137 e. The van der Waals surface area contributed by atoms with E-state index >= 15 is 0 Å². The molecular weight excluding hydrogens is 629 g/mol. The second kappa shape index (κ2) is 11.7. The molecule has 10 rings (SSSR count). The van der Waals surface area contributed by atoms with Gasteiger partial charge in [-0.25, -0.2) is 0 Å². The molecule has 0 saturated heterocycles. The molecule has 0 aliphatic carbocycles. The van der Waals surface area contributed by atoms with E-state index in [1.165, 1.54) is 30.9 Å². The van der Waals surface area contributed by atoms with Crippen LogP contribution in [0.4, 0.5) is 34.1 Å². The Morgan fingerprint density at radius 1 is 0.320 bits per heavy atom. The molecule has 4 heteroatoms. The zero-order valence-corrected chi connectivity index (χ0v) is 27.8. The largest absolute Gasteiger partial charge is 0.456 e. The smallest absolute Gasteiger partial charge is 0.137 e. The highest BCUT2D eigenvalue weighted by molar-refractivity contribution is 7.25. The molecule has 0 bridgehead atoms. The number of anilines is 6. The molecule has 0 aliphatic rings. The van der Waals surface area contributed by atoms with Crippen LogP contribution in [0.5, 0.6) is 0 Å². The number of para-hydroxylation sites is 3. The van der Waals surface area contributed by atoms with Gasteiger partial charge in [0, 0.05) is 71.1 Å². The summed E-state index contributed by atoms with van der Waals surface area (Å²) in [7, 11) is 0. The van der Waals surface area contributed by atoms with Crippen LogP contribution in [0.25, 0.3) is 52.9 Å². The van der Waals surface area contributed by atoms with Gasteiger partial charge in [-0.15, -0.1) is 11.3 Å². The van der Waals surface area contributed by atoms with Crippen molar-refractivity contribution in [2.24, 2.45) is 0 Å². The highest BCUT2D eigenvalue weighted by Gasteiger charge is 2.19. The van der Waals surface area contributed by atoms with Crippen molar-refractivity contribution in [3.05, 3.63) is 182 Å². The first-order valence-corrected chi connectivity index (χ1v) is 17.7. The standard InChI is InChI=1S/C46H30N2OS/c1-3-13-33(14-4-1)47(34-15-5-2-6-16-34)36-23-26-45-42(28-36)41-25-22-38(30-46(41)50-45)48(35-20-19-31-11-7-8-12-32(31)27-35)37-21-24-40-39-17-9-10-18-43(39)49-44(40)29-37/h1-30H. The van der Waals surface area contributed by atoms with Crippen LogP contribution in [0.1, 0.15) is 0 Å². The third-order valence-electron chi connectivity index (χ3n) is 9.60. The topological polar surface area (TPSA) is 19.6 Å². The number of rotatable bonds is 6. The lowest BCUT2D eigenvalue weighted by atomic mass is 10.1. The highest BCUT2D eigenvalue weighted by Crippen LogP contribution is 2.44. The van der Waals surface area contributed by atoms with Crippen molar-refractivity contribution >= 4 is 98.3 Å². The zero-order chi connectivity index (χ0) is 33.0. The summed E-state index contributed by atoms with van der Waals surface area (Å²) in [4.78, 5) is 4.67. The summed E-state index contributed by atoms with van der Waals surface area (Å²) >= 11 is 1.84. The molecule has 0 amide bonds. The van der Waals surface area contributed by atoms with E-state index in [9.17, 15) is 0 Å². The highest BCUT2D eigenvalue weighted by atomic mass is 32.1. The number of furan rings is 1. The van der Waals surface area contributed by atoms with Crippen LogP contribution in [0, 0.1) is 0 Å². The Balaban J connectivity index is 1.13. The maximum absolute atomic E-state index is 6.36. The average Bonchev–Trinajstić information content (AvgIpc) is 3.73. The van der Waals surface area contributed by atoms with Crippen molar-refractivity contribution in [1.29, 1.82) is 0 Å². The van der Waals surface area contributed by atoms with Crippen LogP contribution in [0.2, 0.25) is 0 Å². The SMILES string of the molecule is c1ccc(N(c2ccccc2)c2ccc3sc4cc(N(c5ccc6ccccc6c5)c5ccc6c(c5)oc5ccccc56)ccc4c3c2)cc1. The fraction of sp³-hybridized carbons (Fsp3) is 0. The lowest BCUT2D eigenvalue weighted by Gasteiger charge is -2.26. The Labute approximate surface area is 293 Å². The number of fused-ring (bicyclic) bond motifs is 7. The molecule has 0 fully saturated rings. The third-order valence-corrected chi connectivity index (χ3v) is 10.7. The average molecular weight is 659 g/mol.